The summed E-state index contributed by atoms with van der Waals surface area (Å²) in [5.41, 5.74) is -0.152. The maximum absolute atomic E-state index is 15.1. The number of aromatic amines is 1. The number of aldehydes is 1. The number of halogens is 2. The number of rotatable bonds is 8. The van der Waals surface area contributed by atoms with Gasteiger partial charge >= 0.3 is 0 Å². The van der Waals surface area contributed by atoms with Crippen molar-refractivity contribution in [2.24, 2.45) is 0 Å². The first-order chi connectivity index (χ1) is 12.4. The quantitative estimate of drug-likeness (QED) is 0.545. The molecule has 2 rings (SSSR count). The molecule has 138 valence electrons. The number of benzene rings is 1. The van der Waals surface area contributed by atoms with E-state index in [9.17, 15) is 14.4 Å². The number of pyridine rings is 1. The van der Waals surface area contributed by atoms with Crippen LogP contribution >= 0.6 is 11.6 Å². The van der Waals surface area contributed by atoms with E-state index in [0.717, 1.165) is 6.29 Å². The van der Waals surface area contributed by atoms with E-state index in [1.807, 2.05) is 13.8 Å². The largest absolute Gasteiger partial charge is 0.328 e. The maximum Gasteiger partial charge on any atom is 0.247 e. The molecule has 0 saturated heterocycles. The molecule has 0 radical (unpaired) electrons. The minimum absolute atomic E-state index is 0.00163. The van der Waals surface area contributed by atoms with Crippen LogP contribution in [0.2, 0.25) is 5.02 Å². The van der Waals surface area contributed by atoms with Crippen LogP contribution in [0.25, 0.3) is 0 Å². The summed E-state index contributed by atoms with van der Waals surface area (Å²) < 4.78 is 15.1. The number of nitrogens with one attached hydrogen (secondary N) is 2. The lowest BCUT2D eigenvalue weighted by Crippen LogP contribution is -2.31. The molecule has 7 heteroatoms. The Kier molecular flexibility index (Phi) is 6.83. The molecule has 0 saturated carbocycles. The van der Waals surface area contributed by atoms with E-state index in [1.54, 1.807) is 0 Å². The summed E-state index contributed by atoms with van der Waals surface area (Å²) in [7, 11) is 0. The van der Waals surface area contributed by atoms with Crippen molar-refractivity contribution in [1.29, 1.82) is 0 Å². The average Bonchev–Trinajstić information content (AvgIpc) is 2.61. The highest BCUT2D eigenvalue weighted by atomic mass is 35.5. The summed E-state index contributed by atoms with van der Waals surface area (Å²) in [6.45, 7) is 3.71. The van der Waals surface area contributed by atoms with E-state index < -0.39 is 11.6 Å². The van der Waals surface area contributed by atoms with Gasteiger partial charge in [0.2, 0.25) is 5.56 Å². The summed E-state index contributed by atoms with van der Waals surface area (Å²) >= 11 is 6.08. The van der Waals surface area contributed by atoms with Crippen molar-refractivity contribution in [2.45, 2.75) is 38.8 Å². The van der Waals surface area contributed by atoms with Crippen molar-refractivity contribution in [3.8, 4) is 0 Å². The van der Waals surface area contributed by atoms with Crippen LogP contribution in [0.4, 0.5) is 4.39 Å². The summed E-state index contributed by atoms with van der Waals surface area (Å²) in [6.07, 6.45) is 2.89. The summed E-state index contributed by atoms with van der Waals surface area (Å²) in [5.74, 6) is -1.31. The molecule has 0 unspecified atom stereocenters. The summed E-state index contributed by atoms with van der Waals surface area (Å²) in [4.78, 5) is 36.9. The summed E-state index contributed by atoms with van der Waals surface area (Å²) in [6, 6.07) is 5.03. The van der Waals surface area contributed by atoms with Crippen molar-refractivity contribution in [1.82, 2.24) is 10.3 Å². The van der Waals surface area contributed by atoms with Gasteiger partial charge in [-0.2, -0.15) is 0 Å². The number of ketones is 1. The molecule has 0 aliphatic heterocycles. The second-order valence-electron chi connectivity index (χ2n) is 6.03. The van der Waals surface area contributed by atoms with Gasteiger partial charge in [0.1, 0.15) is 12.1 Å². The Morgan fingerprint density at radius 1 is 1.35 bits per heavy atom. The zero-order valence-electron chi connectivity index (χ0n) is 14.5. The Morgan fingerprint density at radius 2 is 2.08 bits per heavy atom. The standard InChI is InChI=1S/C19H20ClFN2O3/c1-3-15(23-11(2)8-9-24)13-5-6-14(20)17(18(13)21)19(26)12-4-7-16(25)22-10-12/h4-7,9-11,15,23H,3,8H2,1-2H3,(H,22,25)/t11-,15+/m0/s1. The lowest BCUT2D eigenvalue weighted by atomic mass is 9.96. The summed E-state index contributed by atoms with van der Waals surface area (Å²) in [5, 5.41) is 3.18. The normalized spacial score (nSPS) is 13.2. The van der Waals surface area contributed by atoms with Crippen LogP contribution < -0.4 is 10.9 Å². The first-order valence-electron chi connectivity index (χ1n) is 8.30. The van der Waals surface area contributed by atoms with Gasteiger partial charge in [-0.05, 0) is 25.5 Å². The first kappa shape index (κ1) is 20.0. The van der Waals surface area contributed by atoms with E-state index in [1.165, 1.54) is 30.5 Å². The second kappa shape index (κ2) is 8.87. The molecular weight excluding hydrogens is 359 g/mol. The van der Waals surface area contributed by atoms with Gasteiger partial charge < -0.3 is 15.1 Å². The molecule has 0 fully saturated rings. The Hall–Kier alpha value is -2.31. The maximum atomic E-state index is 15.1. The third-order valence-electron chi connectivity index (χ3n) is 4.11. The van der Waals surface area contributed by atoms with Gasteiger partial charge in [0, 0.05) is 41.9 Å². The molecular formula is C19H20ClFN2O3. The highest BCUT2D eigenvalue weighted by molar-refractivity contribution is 6.35. The van der Waals surface area contributed by atoms with Gasteiger partial charge in [-0.25, -0.2) is 4.39 Å². The number of aromatic nitrogens is 1. The van der Waals surface area contributed by atoms with Gasteiger partial charge in [-0.3, -0.25) is 9.59 Å². The lowest BCUT2D eigenvalue weighted by molar-refractivity contribution is -0.108. The van der Waals surface area contributed by atoms with Crippen molar-refractivity contribution in [3.05, 3.63) is 68.3 Å². The minimum atomic E-state index is -0.702. The van der Waals surface area contributed by atoms with Crippen molar-refractivity contribution < 1.29 is 14.0 Å². The molecule has 0 amide bonds. The molecule has 0 aliphatic rings. The van der Waals surface area contributed by atoms with Crippen LogP contribution in [0.15, 0.2) is 35.3 Å². The third-order valence-corrected chi connectivity index (χ3v) is 4.43. The zero-order chi connectivity index (χ0) is 19.3. The van der Waals surface area contributed by atoms with E-state index in [0.29, 0.717) is 18.4 Å². The molecule has 1 aromatic carbocycles. The van der Waals surface area contributed by atoms with E-state index in [4.69, 9.17) is 11.6 Å². The molecule has 1 aromatic heterocycles. The van der Waals surface area contributed by atoms with Gasteiger partial charge in [0.25, 0.3) is 0 Å². The number of carbonyl (C=O) groups is 2. The molecule has 2 aromatic rings. The number of hydrogen-bond donors (Lipinski definition) is 2. The van der Waals surface area contributed by atoms with Crippen molar-refractivity contribution in [3.63, 3.8) is 0 Å². The fourth-order valence-electron chi connectivity index (χ4n) is 2.73. The van der Waals surface area contributed by atoms with Gasteiger partial charge in [-0.1, -0.05) is 24.6 Å². The Morgan fingerprint density at radius 3 is 2.65 bits per heavy atom. The van der Waals surface area contributed by atoms with Crippen LogP contribution in [0.5, 0.6) is 0 Å². The van der Waals surface area contributed by atoms with Crippen LogP contribution in [0.1, 0.15) is 54.2 Å². The fraction of sp³-hybridized carbons (Fsp3) is 0.316. The third kappa shape index (κ3) is 4.45. The van der Waals surface area contributed by atoms with Crippen LogP contribution in [-0.2, 0) is 4.79 Å². The SMILES string of the molecule is CC[C@@H](N[C@@H](C)CC=O)c1ccc(Cl)c(C(=O)c2ccc(=O)[nH]c2)c1F. The molecule has 2 atom stereocenters. The van der Waals surface area contributed by atoms with Crippen LogP contribution in [0, 0.1) is 5.82 Å². The van der Waals surface area contributed by atoms with Gasteiger partial charge in [0.15, 0.2) is 5.78 Å². The van der Waals surface area contributed by atoms with E-state index in [2.05, 4.69) is 10.3 Å². The van der Waals surface area contributed by atoms with E-state index >= 15 is 4.39 Å². The smallest absolute Gasteiger partial charge is 0.247 e. The monoisotopic (exact) mass is 378 g/mol. The van der Waals surface area contributed by atoms with E-state index in [-0.39, 0.29) is 33.8 Å². The lowest BCUT2D eigenvalue weighted by Gasteiger charge is -2.23. The Balaban J connectivity index is 2.43. The molecule has 0 aliphatic carbocycles. The van der Waals surface area contributed by atoms with Crippen LogP contribution in [-0.4, -0.2) is 23.1 Å². The molecule has 1 heterocycles. The first-order valence-corrected chi connectivity index (χ1v) is 8.67. The highest BCUT2D eigenvalue weighted by Crippen LogP contribution is 2.29. The van der Waals surface area contributed by atoms with Gasteiger partial charge in [-0.15, -0.1) is 0 Å². The molecule has 0 spiro atoms. The highest BCUT2D eigenvalue weighted by Gasteiger charge is 2.24. The van der Waals surface area contributed by atoms with Crippen molar-refractivity contribution in [2.75, 3.05) is 0 Å². The van der Waals surface area contributed by atoms with Crippen LogP contribution in [0.3, 0.4) is 0 Å². The molecule has 26 heavy (non-hydrogen) atoms. The van der Waals surface area contributed by atoms with Gasteiger partial charge in [0.05, 0.1) is 10.6 Å². The topological polar surface area (TPSA) is 79.0 Å². The number of H-pyrrole nitrogens is 1. The number of carbonyl (C=O) groups excluding carboxylic acids is 2. The average molecular weight is 379 g/mol. The zero-order valence-corrected chi connectivity index (χ0v) is 15.3. The number of hydrogen-bond acceptors (Lipinski definition) is 4. The predicted molar refractivity (Wildman–Crippen MR) is 98.2 cm³/mol. The fourth-order valence-corrected chi connectivity index (χ4v) is 2.96. The minimum Gasteiger partial charge on any atom is -0.328 e. The molecule has 2 N–H and O–H groups in total. The van der Waals surface area contributed by atoms with Crippen molar-refractivity contribution >= 4 is 23.7 Å². The predicted octanol–water partition coefficient (Wildman–Crippen LogP) is 3.42. The Labute approximate surface area is 155 Å². The Bertz CT molecular complexity index is 846. The molecule has 5 nitrogen and oxygen atoms in total. The molecule has 0 bridgehead atoms. The second-order valence-corrected chi connectivity index (χ2v) is 6.43.